The van der Waals surface area contributed by atoms with E-state index in [-0.39, 0.29) is 0 Å². The van der Waals surface area contributed by atoms with Crippen LogP contribution in [0.1, 0.15) is 0 Å². The molecule has 0 unspecified atom stereocenters. The average molecular weight is 734 g/mol. The van der Waals surface area contributed by atoms with E-state index in [1.807, 2.05) is 65.9 Å². The summed E-state index contributed by atoms with van der Waals surface area (Å²) in [5.41, 5.74) is 11.3. The molecule has 0 saturated heterocycles. The standard InChI is InChI=1S/C51H31N3OS/c1-4-14-32(15-5-1)36-28-37(40-22-13-24-44-43-23-12-21-39(47(43)56-48(40)44)33-16-6-2-7-17-33)30-38(29-36)51-53-49(34-18-8-3-9-19-34)52-50(54-51)35-26-27-42-41-20-10-11-25-45(41)55-46(42)31-35/h1-31H. The minimum absolute atomic E-state index is 0.586. The van der Waals surface area contributed by atoms with Gasteiger partial charge in [-0.1, -0.05) is 152 Å². The van der Waals surface area contributed by atoms with Crippen molar-refractivity contribution in [1.82, 2.24) is 15.0 Å². The van der Waals surface area contributed by atoms with E-state index in [2.05, 4.69) is 133 Å². The predicted octanol–water partition coefficient (Wildman–Crippen LogP) is 14.1. The van der Waals surface area contributed by atoms with Gasteiger partial charge >= 0.3 is 0 Å². The van der Waals surface area contributed by atoms with Gasteiger partial charge in [0.2, 0.25) is 0 Å². The lowest BCUT2D eigenvalue weighted by molar-refractivity contribution is 0.669. The molecule has 0 fully saturated rings. The molecule has 4 nitrogen and oxygen atoms in total. The van der Waals surface area contributed by atoms with E-state index in [1.165, 1.54) is 36.9 Å². The molecule has 11 aromatic rings. The highest BCUT2D eigenvalue weighted by Gasteiger charge is 2.19. The minimum atomic E-state index is 0.586. The number of fused-ring (bicyclic) bond motifs is 6. The third-order valence-corrected chi connectivity index (χ3v) is 11.8. The van der Waals surface area contributed by atoms with Crippen LogP contribution in [0.4, 0.5) is 0 Å². The van der Waals surface area contributed by atoms with Gasteiger partial charge in [0.15, 0.2) is 17.5 Å². The third kappa shape index (κ3) is 5.56. The van der Waals surface area contributed by atoms with Gasteiger partial charge in [0, 0.05) is 47.6 Å². The Morgan fingerprint density at radius 3 is 1.50 bits per heavy atom. The van der Waals surface area contributed by atoms with Gasteiger partial charge in [-0.05, 0) is 69.8 Å². The first kappa shape index (κ1) is 32.2. The van der Waals surface area contributed by atoms with Crippen LogP contribution in [0.3, 0.4) is 0 Å². The number of thiophene rings is 1. The smallest absolute Gasteiger partial charge is 0.164 e. The van der Waals surface area contributed by atoms with Gasteiger partial charge in [-0.2, -0.15) is 0 Å². The second kappa shape index (κ2) is 13.3. The van der Waals surface area contributed by atoms with E-state index in [0.717, 1.165) is 55.3 Å². The van der Waals surface area contributed by atoms with E-state index in [1.54, 1.807) is 0 Å². The van der Waals surface area contributed by atoms with Gasteiger partial charge in [0.05, 0.1) is 0 Å². The van der Waals surface area contributed by atoms with Gasteiger partial charge in [0.1, 0.15) is 11.2 Å². The van der Waals surface area contributed by atoms with Crippen LogP contribution in [0, 0.1) is 0 Å². The molecule has 0 aliphatic carbocycles. The summed E-state index contributed by atoms with van der Waals surface area (Å²) in [6.45, 7) is 0. The summed E-state index contributed by atoms with van der Waals surface area (Å²) in [7, 11) is 0. The summed E-state index contributed by atoms with van der Waals surface area (Å²) < 4.78 is 8.83. The first-order valence-corrected chi connectivity index (χ1v) is 19.5. The molecule has 8 aromatic carbocycles. The Labute approximate surface area is 327 Å². The first-order chi connectivity index (χ1) is 27.7. The molecule has 11 rings (SSSR count). The molecule has 0 aliphatic heterocycles. The predicted molar refractivity (Wildman–Crippen MR) is 233 cm³/mol. The van der Waals surface area contributed by atoms with Gasteiger partial charge in [-0.15, -0.1) is 11.3 Å². The lowest BCUT2D eigenvalue weighted by Crippen LogP contribution is -2.00. The Kier molecular flexibility index (Phi) is 7.64. The molecule has 0 spiro atoms. The summed E-state index contributed by atoms with van der Waals surface area (Å²) in [4.78, 5) is 15.4. The van der Waals surface area contributed by atoms with E-state index in [9.17, 15) is 0 Å². The maximum Gasteiger partial charge on any atom is 0.164 e. The Hall–Kier alpha value is -7.21. The maximum atomic E-state index is 6.29. The van der Waals surface area contributed by atoms with Gasteiger partial charge in [0.25, 0.3) is 0 Å². The number of para-hydroxylation sites is 1. The molecule has 0 radical (unpaired) electrons. The molecule has 0 saturated carbocycles. The molecule has 0 amide bonds. The number of aromatic nitrogens is 3. The fourth-order valence-corrected chi connectivity index (χ4v) is 9.19. The first-order valence-electron chi connectivity index (χ1n) is 18.7. The second-order valence-electron chi connectivity index (χ2n) is 14.0. The number of nitrogens with zero attached hydrogens (tertiary/aromatic N) is 3. The molecule has 0 bridgehead atoms. The maximum absolute atomic E-state index is 6.29. The van der Waals surface area contributed by atoms with Crippen molar-refractivity contribution in [3.05, 3.63) is 188 Å². The molecule has 5 heteroatoms. The zero-order valence-electron chi connectivity index (χ0n) is 30.1. The Balaban J connectivity index is 1.13. The summed E-state index contributed by atoms with van der Waals surface area (Å²) >= 11 is 1.86. The summed E-state index contributed by atoms with van der Waals surface area (Å²) in [5.74, 6) is 1.80. The third-order valence-electron chi connectivity index (χ3n) is 10.5. The van der Waals surface area contributed by atoms with E-state index >= 15 is 0 Å². The van der Waals surface area contributed by atoms with Gasteiger partial charge in [-0.25, -0.2) is 15.0 Å². The van der Waals surface area contributed by atoms with Crippen molar-refractivity contribution in [3.63, 3.8) is 0 Å². The highest BCUT2D eigenvalue weighted by atomic mass is 32.1. The van der Waals surface area contributed by atoms with Crippen LogP contribution < -0.4 is 0 Å². The normalized spacial score (nSPS) is 11.6. The molecule has 56 heavy (non-hydrogen) atoms. The fraction of sp³-hybridized carbons (Fsp3) is 0. The summed E-state index contributed by atoms with van der Waals surface area (Å²) in [6.07, 6.45) is 0. The van der Waals surface area contributed by atoms with Gasteiger partial charge < -0.3 is 4.42 Å². The molecule has 3 heterocycles. The lowest BCUT2D eigenvalue weighted by Gasteiger charge is -2.13. The average Bonchev–Trinajstić information content (AvgIpc) is 3.85. The van der Waals surface area contributed by atoms with Crippen LogP contribution in [-0.4, -0.2) is 15.0 Å². The van der Waals surface area contributed by atoms with Crippen LogP contribution in [-0.2, 0) is 0 Å². The highest BCUT2D eigenvalue weighted by molar-refractivity contribution is 7.26. The highest BCUT2D eigenvalue weighted by Crippen LogP contribution is 2.45. The van der Waals surface area contributed by atoms with Crippen molar-refractivity contribution in [3.8, 4) is 67.5 Å². The number of benzene rings is 8. The van der Waals surface area contributed by atoms with Crippen LogP contribution in [0.2, 0.25) is 0 Å². The zero-order chi connectivity index (χ0) is 37.0. The van der Waals surface area contributed by atoms with Crippen molar-refractivity contribution in [1.29, 1.82) is 0 Å². The van der Waals surface area contributed by atoms with E-state index in [0.29, 0.717) is 17.5 Å². The second-order valence-corrected chi connectivity index (χ2v) is 15.0. The Bertz CT molecular complexity index is 3240. The summed E-state index contributed by atoms with van der Waals surface area (Å²) in [6, 6.07) is 65.7. The van der Waals surface area contributed by atoms with Crippen LogP contribution in [0.5, 0.6) is 0 Å². The number of furan rings is 1. The van der Waals surface area contributed by atoms with Crippen LogP contribution in [0.15, 0.2) is 192 Å². The van der Waals surface area contributed by atoms with Crippen molar-refractivity contribution in [2.75, 3.05) is 0 Å². The van der Waals surface area contributed by atoms with Crippen molar-refractivity contribution in [2.24, 2.45) is 0 Å². The van der Waals surface area contributed by atoms with Crippen LogP contribution in [0.25, 0.3) is 110 Å². The largest absolute Gasteiger partial charge is 0.456 e. The molecule has 0 N–H and O–H groups in total. The number of hydrogen-bond donors (Lipinski definition) is 0. The SMILES string of the molecule is c1ccc(-c2cc(-c3nc(-c4ccccc4)nc(-c4ccc5c(c4)oc4ccccc45)n3)cc(-c3cccc4c3sc3c(-c5ccccc5)cccc34)c2)cc1. The topological polar surface area (TPSA) is 51.8 Å². The minimum Gasteiger partial charge on any atom is -0.456 e. The summed E-state index contributed by atoms with van der Waals surface area (Å²) in [5, 5.41) is 4.67. The monoisotopic (exact) mass is 733 g/mol. The quantitative estimate of drug-likeness (QED) is 0.171. The number of hydrogen-bond acceptors (Lipinski definition) is 5. The lowest BCUT2D eigenvalue weighted by atomic mass is 9.94. The van der Waals surface area contributed by atoms with Crippen molar-refractivity contribution >= 4 is 53.4 Å². The van der Waals surface area contributed by atoms with Crippen molar-refractivity contribution in [2.45, 2.75) is 0 Å². The fourth-order valence-electron chi connectivity index (χ4n) is 7.82. The zero-order valence-corrected chi connectivity index (χ0v) is 30.9. The van der Waals surface area contributed by atoms with E-state index < -0.39 is 0 Å². The Morgan fingerprint density at radius 1 is 0.304 bits per heavy atom. The van der Waals surface area contributed by atoms with Gasteiger partial charge in [-0.3, -0.25) is 0 Å². The molecule has 262 valence electrons. The Morgan fingerprint density at radius 2 is 0.804 bits per heavy atom. The molecule has 3 aromatic heterocycles. The molecular weight excluding hydrogens is 703 g/mol. The van der Waals surface area contributed by atoms with E-state index in [4.69, 9.17) is 19.4 Å². The van der Waals surface area contributed by atoms with Crippen molar-refractivity contribution < 1.29 is 4.42 Å². The van der Waals surface area contributed by atoms with Crippen LogP contribution >= 0.6 is 11.3 Å². The molecular formula is C51H31N3OS. The molecule has 0 aliphatic rings. The molecule has 0 atom stereocenters. The number of rotatable bonds is 6.